The van der Waals surface area contributed by atoms with E-state index in [2.05, 4.69) is 51.2 Å². The van der Waals surface area contributed by atoms with Crippen molar-refractivity contribution < 1.29 is 38.3 Å². The molecule has 0 bridgehead atoms. The molecular weight excluding hydrogens is 1290 g/mol. The Bertz CT molecular complexity index is 4780. The number of benzene rings is 6. The number of nitrogens with zero attached hydrogens (tertiary/aromatic N) is 12. The highest BCUT2D eigenvalue weighted by molar-refractivity contribution is 6.10. The van der Waals surface area contributed by atoms with Crippen LogP contribution in [0.3, 0.4) is 0 Å². The van der Waals surface area contributed by atoms with Crippen molar-refractivity contribution in [2.24, 2.45) is 0 Å². The number of anilines is 8. The second kappa shape index (κ2) is 30.1. The predicted octanol–water partition coefficient (Wildman–Crippen LogP) is 16.0. The fourth-order valence-corrected chi connectivity index (χ4v) is 10.7. The molecule has 12 aromatic rings. The van der Waals surface area contributed by atoms with E-state index in [-0.39, 0.29) is 24.8 Å². The van der Waals surface area contributed by atoms with Gasteiger partial charge in [-0.05, 0) is 111 Å². The van der Waals surface area contributed by atoms with Gasteiger partial charge in [-0.25, -0.2) is 48.5 Å². The first-order valence-corrected chi connectivity index (χ1v) is 33.2. The zero-order valence-electron chi connectivity index (χ0n) is 58.1. The van der Waals surface area contributed by atoms with Gasteiger partial charge in [0.2, 0.25) is 0 Å². The molecule has 0 saturated carbocycles. The minimum Gasteiger partial charge on any atom is -0.488 e. The normalized spacial score (nSPS) is 11.5. The van der Waals surface area contributed by atoms with Crippen LogP contribution in [0.25, 0.3) is 32.9 Å². The third kappa shape index (κ3) is 16.5. The Morgan fingerprint density at radius 3 is 1.25 bits per heavy atom. The van der Waals surface area contributed by atoms with Gasteiger partial charge in [-0.15, -0.1) is 10.1 Å². The molecule has 6 aromatic carbocycles. The Labute approximate surface area is 589 Å². The van der Waals surface area contributed by atoms with Crippen LogP contribution in [0.4, 0.5) is 55.9 Å². The number of aromatic nitrogens is 10. The summed E-state index contributed by atoms with van der Waals surface area (Å²) in [5.41, 5.74) is 7.03. The van der Waals surface area contributed by atoms with E-state index in [0.29, 0.717) is 90.5 Å². The minimum absolute atomic E-state index is 0.0426. The molecule has 24 heteroatoms. The average molecular weight is 1370 g/mol. The third-order valence-electron chi connectivity index (χ3n) is 16.3. The van der Waals surface area contributed by atoms with Gasteiger partial charge in [-0.1, -0.05) is 139 Å². The molecule has 0 atom stereocenters. The standard InChI is InChI=1S/C78H76N16O8/c1-11-53-43-79-45-69(83-53)87-67-39-51(35-37-81-67)47-99-63-31-29-61(57-17-13-15-19-59(57)63)85-75(97)93(71-41-65(77(5,6)7)89-91(71)55-25-21-49(3)22-26-55)101-73(95)33-34-74(96)102-94(72-42-66(78(8,9)10)90-92(72)56-27-23-50(4)24-28-56)76(98)86-62-30-32-64(60-20-16-14-18-58(60)62)100-48-52-36-38-82-68(40-52)88-70-46-80-44-54(12-2)84-70/h13-46H,11-12,47-48H2,1-10H3,(H,85,97)(H,86,98)(H,81,83,87)(H,82,84,88)/b34-33-. The Balaban J connectivity index is 0.825. The number of ether oxygens (including phenoxy) is 2. The zero-order valence-corrected chi connectivity index (χ0v) is 58.1. The van der Waals surface area contributed by atoms with Crippen molar-refractivity contribution in [3.05, 3.63) is 252 Å². The van der Waals surface area contributed by atoms with Crippen molar-refractivity contribution >= 4 is 91.8 Å². The molecule has 4 N–H and O–H groups in total. The van der Waals surface area contributed by atoms with Crippen molar-refractivity contribution in [3.63, 3.8) is 0 Å². The molecule has 6 aromatic heterocycles. The summed E-state index contributed by atoms with van der Waals surface area (Å²) in [7, 11) is 0. The van der Waals surface area contributed by atoms with Gasteiger partial charge in [0.05, 0.1) is 57.9 Å². The Morgan fingerprint density at radius 2 is 0.863 bits per heavy atom. The van der Waals surface area contributed by atoms with Gasteiger partial charge in [0.15, 0.2) is 11.6 Å². The average Bonchev–Trinajstić information content (AvgIpc) is 1.62. The van der Waals surface area contributed by atoms with E-state index in [1.54, 1.807) is 73.6 Å². The van der Waals surface area contributed by atoms with Crippen LogP contribution in [-0.4, -0.2) is 73.5 Å². The topological polar surface area (TPSA) is 273 Å². The van der Waals surface area contributed by atoms with Crippen molar-refractivity contribution in [1.29, 1.82) is 0 Å². The number of rotatable bonds is 20. The van der Waals surface area contributed by atoms with Gasteiger partial charge in [-0.3, -0.25) is 9.97 Å². The second-order valence-electron chi connectivity index (χ2n) is 26.1. The lowest BCUT2D eigenvalue weighted by Crippen LogP contribution is -2.38. The van der Waals surface area contributed by atoms with Crippen LogP contribution >= 0.6 is 0 Å². The summed E-state index contributed by atoms with van der Waals surface area (Å²) in [5.74, 6) is 1.03. The highest BCUT2D eigenvalue weighted by Gasteiger charge is 2.33. The summed E-state index contributed by atoms with van der Waals surface area (Å²) in [5, 5.41) is 26.4. The maximum atomic E-state index is 15.2. The lowest BCUT2D eigenvalue weighted by Gasteiger charge is -2.23. The molecular formula is C78H76N16O8. The quantitative estimate of drug-likeness (QED) is 0.0408. The van der Waals surface area contributed by atoms with Crippen LogP contribution in [-0.2, 0) is 56.1 Å². The number of carbonyl (C=O) groups is 4. The van der Waals surface area contributed by atoms with E-state index < -0.39 is 34.8 Å². The molecule has 0 radical (unpaired) electrons. The van der Waals surface area contributed by atoms with E-state index in [9.17, 15) is 9.59 Å². The van der Waals surface area contributed by atoms with E-state index in [4.69, 9.17) is 29.3 Å². The van der Waals surface area contributed by atoms with Gasteiger partial charge in [0.1, 0.15) is 48.0 Å². The summed E-state index contributed by atoms with van der Waals surface area (Å²) in [6, 6.07) is 45.4. The highest BCUT2D eigenvalue weighted by atomic mass is 16.7. The molecule has 0 saturated heterocycles. The molecule has 4 amide bonds. The molecule has 0 aliphatic heterocycles. The molecule has 0 aliphatic rings. The Kier molecular flexibility index (Phi) is 20.4. The number of hydrogen-bond donors (Lipinski definition) is 4. The molecule has 12 rings (SSSR count). The van der Waals surface area contributed by atoms with E-state index in [1.807, 2.05) is 191 Å². The molecule has 24 nitrogen and oxygen atoms in total. The first-order chi connectivity index (χ1) is 49.1. The van der Waals surface area contributed by atoms with Gasteiger partial charge in [0, 0.05) is 81.4 Å². The van der Waals surface area contributed by atoms with Crippen LogP contribution < -0.4 is 40.9 Å². The lowest BCUT2D eigenvalue weighted by atomic mass is 9.92. The van der Waals surface area contributed by atoms with Gasteiger partial charge in [-0.2, -0.15) is 10.2 Å². The lowest BCUT2D eigenvalue weighted by molar-refractivity contribution is -0.140. The number of amides is 4. The first kappa shape index (κ1) is 69.1. The van der Waals surface area contributed by atoms with Gasteiger partial charge in [0.25, 0.3) is 0 Å². The smallest absolute Gasteiger partial charge is 0.361 e. The van der Waals surface area contributed by atoms with Crippen LogP contribution in [0, 0.1) is 13.8 Å². The zero-order chi connectivity index (χ0) is 71.7. The first-order valence-electron chi connectivity index (χ1n) is 33.2. The number of pyridine rings is 2. The molecule has 516 valence electrons. The number of fused-ring (bicyclic) bond motifs is 2. The molecule has 0 aliphatic carbocycles. The second-order valence-corrected chi connectivity index (χ2v) is 26.1. The van der Waals surface area contributed by atoms with E-state index >= 15 is 9.59 Å². The fourth-order valence-electron chi connectivity index (χ4n) is 10.7. The largest absolute Gasteiger partial charge is 0.488 e. The monoisotopic (exact) mass is 1360 g/mol. The van der Waals surface area contributed by atoms with Gasteiger partial charge >= 0.3 is 24.0 Å². The summed E-state index contributed by atoms with van der Waals surface area (Å²) in [4.78, 5) is 98.3. The van der Waals surface area contributed by atoms with E-state index in [1.165, 1.54) is 9.36 Å². The summed E-state index contributed by atoms with van der Waals surface area (Å²) in [6.07, 6.45) is 13.1. The maximum Gasteiger partial charge on any atom is 0.361 e. The van der Waals surface area contributed by atoms with Crippen molar-refractivity contribution in [2.75, 3.05) is 31.4 Å². The molecule has 6 heterocycles. The number of hydroxylamine groups is 2. The Morgan fingerprint density at radius 1 is 0.471 bits per heavy atom. The number of carbonyl (C=O) groups excluding carboxylic acids is 4. The Hall–Kier alpha value is -12.9. The molecule has 0 unspecified atom stereocenters. The van der Waals surface area contributed by atoms with Gasteiger partial charge < -0.3 is 40.4 Å². The highest BCUT2D eigenvalue weighted by Crippen LogP contribution is 2.37. The fraction of sp³-hybridized carbons (Fsp3) is 0.205. The number of hydrogen-bond acceptors (Lipinski definition) is 18. The number of urea groups is 2. The third-order valence-corrected chi connectivity index (χ3v) is 16.3. The summed E-state index contributed by atoms with van der Waals surface area (Å²) in [6.45, 7) is 20.0. The molecule has 0 spiro atoms. The van der Waals surface area contributed by atoms with Crippen LogP contribution in [0.1, 0.15) is 100 Å². The van der Waals surface area contributed by atoms with Crippen molar-refractivity contribution in [3.8, 4) is 22.9 Å². The minimum atomic E-state index is -1.18. The number of aryl methyl sites for hydroxylation is 4. The summed E-state index contributed by atoms with van der Waals surface area (Å²) < 4.78 is 15.9. The van der Waals surface area contributed by atoms with Crippen molar-refractivity contribution in [1.82, 2.24) is 49.5 Å². The van der Waals surface area contributed by atoms with Crippen molar-refractivity contribution in [2.45, 2.75) is 106 Å². The number of nitrogens with one attached hydrogen (secondary N) is 4. The predicted molar refractivity (Wildman–Crippen MR) is 393 cm³/mol. The van der Waals surface area contributed by atoms with Crippen LogP contribution in [0.5, 0.6) is 11.5 Å². The summed E-state index contributed by atoms with van der Waals surface area (Å²) >= 11 is 0. The molecule has 0 fully saturated rings. The van der Waals surface area contributed by atoms with Crippen LogP contribution in [0.15, 0.2) is 207 Å². The van der Waals surface area contributed by atoms with Crippen LogP contribution in [0.2, 0.25) is 0 Å². The molecule has 102 heavy (non-hydrogen) atoms. The SMILES string of the molecule is CCc1cncc(Nc2cc(COc3ccc(NC(=O)N(OC(=O)/C=C\C(=O)ON(C(=O)Nc4ccc(OCc5ccnc(Nc6cncc(CC)n6)c5)c5ccccc45)c4cc(C(C)(C)C)nn4-c4ccc(C)cc4)c4cc(C(C)(C)C)nn4-c4ccc(C)cc4)c4ccccc34)ccn2)n1. The maximum absolute atomic E-state index is 15.2. The van der Waals surface area contributed by atoms with E-state index in [0.717, 1.165) is 68.8 Å².